The van der Waals surface area contributed by atoms with Crippen molar-refractivity contribution in [1.82, 2.24) is 0 Å². The zero-order chi connectivity index (χ0) is 13.5. The van der Waals surface area contributed by atoms with E-state index >= 15 is 0 Å². The van der Waals surface area contributed by atoms with E-state index < -0.39 is 20.8 Å². The molecule has 0 aliphatic heterocycles. The van der Waals surface area contributed by atoms with Gasteiger partial charge in [-0.2, -0.15) is 8.42 Å². The van der Waals surface area contributed by atoms with Crippen LogP contribution in [-0.4, -0.2) is 30.3 Å². The van der Waals surface area contributed by atoms with Crippen LogP contribution in [0, 0.1) is 6.42 Å². The van der Waals surface area contributed by atoms with Crippen LogP contribution in [0.25, 0.3) is 0 Å². The largest absolute Gasteiger partial charge is 0.463 e. The van der Waals surface area contributed by atoms with Gasteiger partial charge in [0.2, 0.25) is 0 Å². The molecule has 5 nitrogen and oxygen atoms in total. The summed E-state index contributed by atoms with van der Waals surface area (Å²) in [6.07, 6.45) is 4.48. The lowest BCUT2D eigenvalue weighted by Gasteiger charge is -2.19. The Kier molecular flexibility index (Phi) is 6.41. The van der Waals surface area contributed by atoms with E-state index in [9.17, 15) is 13.2 Å². The first kappa shape index (κ1) is 16.1. The molecule has 0 bridgehead atoms. The Labute approximate surface area is 103 Å². The van der Waals surface area contributed by atoms with Crippen LogP contribution in [0.1, 0.15) is 33.1 Å². The summed E-state index contributed by atoms with van der Waals surface area (Å²) in [7, 11) is -4.07. The topological polar surface area (TPSA) is 80.7 Å². The molecule has 0 aliphatic rings. The fourth-order valence-electron chi connectivity index (χ4n) is 1.03. The molecule has 1 N–H and O–H groups in total. The normalized spacial score (nSPS) is 12.2. The predicted octanol–water partition coefficient (Wildman–Crippen LogP) is 1.76. The second-order valence-electron chi connectivity index (χ2n) is 4.15. The average molecular weight is 263 g/mol. The molecule has 0 heterocycles. The second kappa shape index (κ2) is 6.76. The molecule has 0 unspecified atom stereocenters. The van der Waals surface area contributed by atoms with E-state index in [-0.39, 0.29) is 6.61 Å². The molecule has 6 heteroatoms. The van der Waals surface area contributed by atoms with Crippen molar-refractivity contribution in [2.75, 3.05) is 6.61 Å². The van der Waals surface area contributed by atoms with Crippen molar-refractivity contribution in [3.8, 4) is 0 Å². The molecule has 0 spiro atoms. The SMILES string of the molecule is C=CC(=O)OCCCC[CH]C(C)(C)S(=O)(=O)O. The summed E-state index contributed by atoms with van der Waals surface area (Å²) in [4.78, 5) is 10.7. The van der Waals surface area contributed by atoms with Gasteiger partial charge in [-0.05, 0) is 39.5 Å². The highest BCUT2D eigenvalue weighted by Crippen LogP contribution is 2.21. The molecule has 0 aromatic carbocycles. The first-order valence-electron chi connectivity index (χ1n) is 5.31. The number of hydrogen-bond acceptors (Lipinski definition) is 4. The van der Waals surface area contributed by atoms with Gasteiger partial charge in [0.25, 0.3) is 10.1 Å². The highest BCUT2D eigenvalue weighted by atomic mass is 32.2. The first-order chi connectivity index (χ1) is 7.70. The standard InChI is InChI=1S/C11H19O5S/c1-4-10(12)16-9-7-5-6-8-11(2,3)17(13,14)15/h4,8H,1,5-7,9H2,2-3H3,(H,13,14,15). The summed E-state index contributed by atoms with van der Waals surface area (Å²) >= 11 is 0. The Bertz CT molecular complexity index is 356. The number of rotatable bonds is 8. The van der Waals surface area contributed by atoms with Gasteiger partial charge in [-0.15, -0.1) is 0 Å². The first-order valence-corrected chi connectivity index (χ1v) is 6.75. The third-order valence-corrected chi connectivity index (χ3v) is 3.81. The summed E-state index contributed by atoms with van der Waals surface area (Å²) in [5.41, 5.74) is 0. The van der Waals surface area contributed by atoms with Crippen LogP contribution in [0.5, 0.6) is 0 Å². The van der Waals surface area contributed by atoms with Crippen LogP contribution in [0.4, 0.5) is 0 Å². The Morgan fingerprint density at radius 2 is 2.00 bits per heavy atom. The number of carbonyl (C=O) groups is 1. The minimum absolute atomic E-state index is 0.283. The molecule has 0 rings (SSSR count). The van der Waals surface area contributed by atoms with E-state index in [2.05, 4.69) is 6.58 Å². The fraction of sp³-hybridized carbons (Fsp3) is 0.636. The summed E-state index contributed by atoms with van der Waals surface area (Å²) < 4.78 is 34.3. The third-order valence-electron chi connectivity index (χ3n) is 2.31. The van der Waals surface area contributed by atoms with Gasteiger partial charge in [0, 0.05) is 6.08 Å². The maximum Gasteiger partial charge on any atom is 0.330 e. The van der Waals surface area contributed by atoms with Crippen LogP contribution in [0.3, 0.4) is 0 Å². The van der Waals surface area contributed by atoms with Gasteiger partial charge in [0.15, 0.2) is 0 Å². The molecule has 0 aromatic rings. The van der Waals surface area contributed by atoms with Crippen LogP contribution >= 0.6 is 0 Å². The molecule has 17 heavy (non-hydrogen) atoms. The Hall–Kier alpha value is -0.880. The summed E-state index contributed by atoms with van der Waals surface area (Å²) in [5, 5.41) is 0. The van der Waals surface area contributed by atoms with Gasteiger partial charge in [-0.1, -0.05) is 6.58 Å². The van der Waals surface area contributed by atoms with Gasteiger partial charge in [-0.25, -0.2) is 4.79 Å². The van der Waals surface area contributed by atoms with Crippen LogP contribution < -0.4 is 0 Å². The highest BCUT2D eigenvalue weighted by Gasteiger charge is 2.31. The van der Waals surface area contributed by atoms with Gasteiger partial charge in [0.1, 0.15) is 0 Å². The van der Waals surface area contributed by atoms with Crippen molar-refractivity contribution in [3.05, 3.63) is 19.1 Å². The third kappa shape index (κ3) is 6.43. The number of hydrogen-bond donors (Lipinski definition) is 1. The van der Waals surface area contributed by atoms with Gasteiger partial charge in [0.05, 0.1) is 11.4 Å². The van der Waals surface area contributed by atoms with Crippen molar-refractivity contribution in [2.24, 2.45) is 0 Å². The van der Waals surface area contributed by atoms with E-state index in [0.29, 0.717) is 19.3 Å². The minimum atomic E-state index is -4.07. The molecule has 1 radical (unpaired) electrons. The Morgan fingerprint density at radius 3 is 2.47 bits per heavy atom. The molecule has 0 saturated heterocycles. The molecule has 0 aromatic heterocycles. The number of ether oxygens (including phenoxy) is 1. The summed E-state index contributed by atoms with van der Waals surface area (Å²) in [6.45, 7) is 6.40. The smallest absolute Gasteiger partial charge is 0.330 e. The van der Waals surface area contributed by atoms with Crippen LogP contribution in [0.15, 0.2) is 12.7 Å². The molecule has 0 aliphatic carbocycles. The Balaban J connectivity index is 3.73. The van der Waals surface area contributed by atoms with Crippen molar-refractivity contribution in [1.29, 1.82) is 0 Å². The molecular formula is C11H19O5S. The Morgan fingerprint density at radius 1 is 1.41 bits per heavy atom. The molecule has 99 valence electrons. The molecule has 0 atom stereocenters. The van der Waals surface area contributed by atoms with E-state index in [0.717, 1.165) is 6.08 Å². The molecular weight excluding hydrogens is 244 g/mol. The zero-order valence-corrected chi connectivity index (χ0v) is 11.0. The lowest BCUT2D eigenvalue weighted by Crippen LogP contribution is -2.31. The highest BCUT2D eigenvalue weighted by molar-refractivity contribution is 7.87. The van der Waals surface area contributed by atoms with Gasteiger partial charge < -0.3 is 4.74 Å². The van der Waals surface area contributed by atoms with E-state index in [4.69, 9.17) is 9.29 Å². The van der Waals surface area contributed by atoms with E-state index in [1.54, 1.807) is 0 Å². The quantitative estimate of drug-likeness (QED) is 0.312. The van der Waals surface area contributed by atoms with Gasteiger partial charge in [-0.3, -0.25) is 4.55 Å². The number of esters is 1. The summed E-state index contributed by atoms with van der Waals surface area (Å²) in [6, 6.07) is 0. The molecule has 0 saturated carbocycles. The van der Waals surface area contributed by atoms with Crippen molar-refractivity contribution in [3.63, 3.8) is 0 Å². The predicted molar refractivity (Wildman–Crippen MR) is 64.9 cm³/mol. The number of carbonyl (C=O) groups excluding carboxylic acids is 1. The van der Waals surface area contributed by atoms with Crippen molar-refractivity contribution in [2.45, 2.75) is 37.9 Å². The van der Waals surface area contributed by atoms with Crippen LogP contribution in [-0.2, 0) is 19.6 Å². The second-order valence-corrected chi connectivity index (χ2v) is 6.15. The van der Waals surface area contributed by atoms with Crippen molar-refractivity contribution < 1.29 is 22.5 Å². The maximum absolute atomic E-state index is 10.9. The lowest BCUT2D eigenvalue weighted by atomic mass is 10.0. The van der Waals surface area contributed by atoms with E-state index in [1.807, 2.05) is 0 Å². The van der Waals surface area contributed by atoms with Crippen LogP contribution in [0.2, 0.25) is 0 Å². The lowest BCUT2D eigenvalue weighted by molar-refractivity contribution is -0.137. The van der Waals surface area contributed by atoms with E-state index in [1.165, 1.54) is 20.3 Å². The zero-order valence-electron chi connectivity index (χ0n) is 10.2. The maximum atomic E-state index is 10.9. The van der Waals surface area contributed by atoms with Crippen molar-refractivity contribution >= 4 is 16.1 Å². The monoisotopic (exact) mass is 263 g/mol. The molecule has 0 fully saturated rings. The summed E-state index contributed by atoms with van der Waals surface area (Å²) in [5.74, 6) is -0.466. The fourth-order valence-corrected chi connectivity index (χ4v) is 1.36. The average Bonchev–Trinajstić information content (AvgIpc) is 2.21. The number of unbranched alkanes of at least 4 members (excludes halogenated alkanes) is 2. The minimum Gasteiger partial charge on any atom is -0.463 e. The van der Waals surface area contributed by atoms with Gasteiger partial charge >= 0.3 is 5.97 Å². The molecule has 0 amide bonds.